The van der Waals surface area contributed by atoms with Crippen LogP contribution in [0.5, 0.6) is 0 Å². The van der Waals surface area contributed by atoms with Gasteiger partial charge in [-0.25, -0.2) is 0 Å². The molecule has 102 valence electrons. The topological polar surface area (TPSA) is 0 Å². The first-order valence-electron chi connectivity index (χ1n) is 6.90. The summed E-state index contributed by atoms with van der Waals surface area (Å²) >= 11 is 5.91. The molecule has 3 aromatic carbocycles. The van der Waals surface area contributed by atoms with Crippen molar-refractivity contribution in [2.45, 2.75) is 0 Å². The standard InChI is InChI=1S/C20H15Cl/c21-20-14-12-19(13-15-20)18-10-8-17(9-11-18)7-6-16-4-2-1-3-5-16/h1-15H/b7-6+. The van der Waals surface area contributed by atoms with E-state index in [1.807, 2.05) is 42.5 Å². The molecule has 0 amide bonds. The lowest BCUT2D eigenvalue weighted by Crippen LogP contribution is -1.78. The Hall–Kier alpha value is -2.31. The lowest BCUT2D eigenvalue weighted by Gasteiger charge is -2.02. The van der Waals surface area contributed by atoms with E-state index in [0.717, 1.165) is 5.02 Å². The first-order valence-corrected chi connectivity index (χ1v) is 7.28. The molecule has 0 heterocycles. The van der Waals surface area contributed by atoms with E-state index in [1.54, 1.807) is 0 Å². The summed E-state index contributed by atoms with van der Waals surface area (Å²) in [5.41, 5.74) is 4.78. The van der Waals surface area contributed by atoms with Gasteiger partial charge in [-0.05, 0) is 34.4 Å². The minimum atomic E-state index is 0.765. The molecule has 0 N–H and O–H groups in total. The van der Waals surface area contributed by atoms with Crippen LogP contribution in [0.15, 0.2) is 78.9 Å². The lowest BCUT2D eigenvalue weighted by atomic mass is 10.0. The smallest absolute Gasteiger partial charge is 0.0406 e. The summed E-state index contributed by atoms with van der Waals surface area (Å²) in [6, 6.07) is 26.7. The van der Waals surface area contributed by atoms with Crippen molar-refractivity contribution in [2.75, 3.05) is 0 Å². The van der Waals surface area contributed by atoms with Gasteiger partial charge in [0.25, 0.3) is 0 Å². The Balaban J connectivity index is 1.78. The molecule has 0 bridgehead atoms. The third-order valence-corrected chi connectivity index (χ3v) is 3.61. The van der Waals surface area contributed by atoms with Gasteiger partial charge in [0.15, 0.2) is 0 Å². The third-order valence-electron chi connectivity index (χ3n) is 3.36. The van der Waals surface area contributed by atoms with Gasteiger partial charge in [0.2, 0.25) is 0 Å². The Labute approximate surface area is 130 Å². The zero-order chi connectivity index (χ0) is 14.5. The number of benzene rings is 3. The van der Waals surface area contributed by atoms with E-state index in [-0.39, 0.29) is 0 Å². The van der Waals surface area contributed by atoms with Gasteiger partial charge in [0.1, 0.15) is 0 Å². The maximum Gasteiger partial charge on any atom is 0.0406 e. The molecular weight excluding hydrogens is 276 g/mol. The molecule has 21 heavy (non-hydrogen) atoms. The molecule has 0 aromatic heterocycles. The highest BCUT2D eigenvalue weighted by molar-refractivity contribution is 6.30. The molecule has 0 radical (unpaired) electrons. The molecule has 0 aliphatic heterocycles. The van der Waals surface area contributed by atoms with Gasteiger partial charge in [0.05, 0.1) is 0 Å². The average molecular weight is 291 g/mol. The molecule has 0 atom stereocenters. The molecule has 0 nitrogen and oxygen atoms in total. The van der Waals surface area contributed by atoms with Crippen LogP contribution in [0.3, 0.4) is 0 Å². The fraction of sp³-hybridized carbons (Fsp3) is 0. The van der Waals surface area contributed by atoms with Gasteiger partial charge in [-0.2, -0.15) is 0 Å². The van der Waals surface area contributed by atoms with Crippen LogP contribution in [0.25, 0.3) is 23.3 Å². The van der Waals surface area contributed by atoms with Gasteiger partial charge in [0, 0.05) is 5.02 Å². The first-order chi connectivity index (χ1) is 10.3. The fourth-order valence-electron chi connectivity index (χ4n) is 2.19. The van der Waals surface area contributed by atoms with E-state index in [0.29, 0.717) is 0 Å². The van der Waals surface area contributed by atoms with Crippen molar-refractivity contribution in [2.24, 2.45) is 0 Å². The monoisotopic (exact) mass is 290 g/mol. The quantitative estimate of drug-likeness (QED) is 0.505. The molecule has 3 rings (SSSR count). The largest absolute Gasteiger partial charge is 0.0843 e. The Kier molecular flexibility index (Phi) is 4.18. The number of hydrogen-bond donors (Lipinski definition) is 0. The third kappa shape index (κ3) is 3.62. The van der Waals surface area contributed by atoms with Gasteiger partial charge in [-0.1, -0.05) is 90.5 Å². The highest BCUT2D eigenvalue weighted by Crippen LogP contribution is 2.22. The van der Waals surface area contributed by atoms with Gasteiger partial charge < -0.3 is 0 Å². The van der Waals surface area contributed by atoms with Gasteiger partial charge >= 0.3 is 0 Å². The SMILES string of the molecule is Clc1ccc(-c2ccc(/C=C/c3ccccc3)cc2)cc1. The average Bonchev–Trinajstić information content (AvgIpc) is 2.55. The number of halogens is 1. The Morgan fingerprint density at radius 3 is 1.57 bits per heavy atom. The van der Waals surface area contributed by atoms with E-state index >= 15 is 0 Å². The number of rotatable bonds is 3. The van der Waals surface area contributed by atoms with E-state index < -0.39 is 0 Å². The summed E-state index contributed by atoms with van der Waals surface area (Å²) in [7, 11) is 0. The molecule has 0 spiro atoms. The fourth-order valence-corrected chi connectivity index (χ4v) is 2.31. The van der Waals surface area contributed by atoms with Crippen LogP contribution < -0.4 is 0 Å². The second-order valence-corrected chi connectivity index (χ2v) is 5.31. The molecular formula is C20H15Cl. The second kappa shape index (κ2) is 6.43. The van der Waals surface area contributed by atoms with Gasteiger partial charge in [-0.15, -0.1) is 0 Å². The summed E-state index contributed by atoms with van der Waals surface area (Å²) in [4.78, 5) is 0. The maximum atomic E-state index is 5.91. The maximum absolute atomic E-state index is 5.91. The molecule has 0 saturated heterocycles. The Bertz CT molecular complexity index is 723. The molecule has 0 aliphatic carbocycles. The summed E-state index contributed by atoms with van der Waals surface area (Å²) in [5.74, 6) is 0. The van der Waals surface area contributed by atoms with Crippen molar-refractivity contribution in [1.82, 2.24) is 0 Å². The molecule has 0 saturated carbocycles. The Morgan fingerprint density at radius 1 is 0.524 bits per heavy atom. The lowest BCUT2D eigenvalue weighted by molar-refractivity contribution is 1.60. The minimum absolute atomic E-state index is 0.765. The van der Waals surface area contributed by atoms with Crippen LogP contribution in [0, 0.1) is 0 Å². The van der Waals surface area contributed by atoms with Crippen LogP contribution in [-0.2, 0) is 0 Å². The molecule has 0 unspecified atom stereocenters. The van der Waals surface area contributed by atoms with Gasteiger partial charge in [-0.3, -0.25) is 0 Å². The normalized spacial score (nSPS) is 10.9. The predicted molar refractivity (Wildman–Crippen MR) is 92.3 cm³/mol. The highest BCUT2D eigenvalue weighted by Gasteiger charge is 1.97. The first kappa shape index (κ1) is 13.7. The number of hydrogen-bond acceptors (Lipinski definition) is 0. The summed E-state index contributed by atoms with van der Waals surface area (Å²) < 4.78 is 0. The molecule has 1 heteroatoms. The van der Waals surface area contributed by atoms with Crippen molar-refractivity contribution in [1.29, 1.82) is 0 Å². The second-order valence-electron chi connectivity index (χ2n) is 4.87. The molecule has 0 aliphatic rings. The zero-order valence-corrected chi connectivity index (χ0v) is 12.3. The summed E-state index contributed by atoms with van der Waals surface area (Å²) in [6.07, 6.45) is 4.25. The van der Waals surface area contributed by atoms with Crippen molar-refractivity contribution < 1.29 is 0 Å². The van der Waals surface area contributed by atoms with Crippen molar-refractivity contribution in [3.63, 3.8) is 0 Å². The predicted octanol–water partition coefficient (Wildman–Crippen LogP) is 6.18. The van der Waals surface area contributed by atoms with E-state index in [1.165, 1.54) is 22.3 Å². The van der Waals surface area contributed by atoms with Crippen molar-refractivity contribution in [3.05, 3.63) is 95.0 Å². The Morgan fingerprint density at radius 2 is 1.00 bits per heavy atom. The van der Waals surface area contributed by atoms with Crippen molar-refractivity contribution in [3.8, 4) is 11.1 Å². The molecule has 0 fully saturated rings. The van der Waals surface area contributed by atoms with E-state index in [2.05, 4.69) is 48.6 Å². The van der Waals surface area contributed by atoms with Crippen LogP contribution >= 0.6 is 11.6 Å². The van der Waals surface area contributed by atoms with E-state index in [9.17, 15) is 0 Å². The van der Waals surface area contributed by atoms with Crippen LogP contribution in [0.1, 0.15) is 11.1 Å². The molecule has 3 aromatic rings. The zero-order valence-electron chi connectivity index (χ0n) is 11.5. The van der Waals surface area contributed by atoms with Crippen molar-refractivity contribution >= 4 is 23.8 Å². The van der Waals surface area contributed by atoms with Crippen LogP contribution in [0.2, 0.25) is 5.02 Å². The van der Waals surface area contributed by atoms with E-state index in [4.69, 9.17) is 11.6 Å². The van der Waals surface area contributed by atoms with Crippen LogP contribution in [0.4, 0.5) is 0 Å². The highest BCUT2D eigenvalue weighted by atomic mass is 35.5. The summed E-state index contributed by atoms with van der Waals surface area (Å²) in [6.45, 7) is 0. The minimum Gasteiger partial charge on any atom is -0.0843 e. The van der Waals surface area contributed by atoms with Crippen LogP contribution in [-0.4, -0.2) is 0 Å². The summed E-state index contributed by atoms with van der Waals surface area (Å²) in [5, 5.41) is 0.765.